The Hall–Kier alpha value is -2.70. The van der Waals surface area contributed by atoms with Crippen LogP contribution in [-0.2, 0) is 17.9 Å². The predicted molar refractivity (Wildman–Crippen MR) is 95.8 cm³/mol. The van der Waals surface area contributed by atoms with Gasteiger partial charge >= 0.3 is 0 Å². The van der Waals surface area contributed by atoms with E-state index in [2.05, 4.69) is 21.5 Å². The minimum absolute atomic E-state index is 0.219. The topological polar surface area (TPSA) is 93.0 Å². The number of nitrogens with two attached hydrogens (primary N) is 1. The summed E-state index contributed by atoms with van der Waals surface area (Å²) in [4.78, 5) is 25.5. The normalized spacial score (nSPS) is 13.7. The van der Waals surface area contributed by atoms with Crippen LogP contribution < -0.4 is 11.2 Å². The second-order valence-electron chi connectivity index (χ2n) is 6.21. The molecule has 25 heavy (non-hydrogen) atoms. The Morgan fingerprint density at radius 3 is 2.92 bits per heavy atom. The van der Waals surface area contributed by atoms with Crippen LogP contribution in [-0.4, -0.2) is 22.4 Å². The molecule has 1 aliphatic rings. The summed E-state index contributed by atoms with van der Waals surface area (Å²) in [5.74, 6) is -0.219. The number of hydrogen-bond donors (Lipinski definition) is 3. The minimum Gasteiger partial charge on any atom is -0.354 e. The highest BCUT2D eigenvalue weighted by molar-refractivity contribution is 6.09. The SMILES string of the molecule is NCCCCc1ccc(-c2[nH]c3cccc4c3c2CONC4=O)cn1. The standard InChI is InChI=1S/C19H20N4O2/c20-9-2-1-4-13-8-7-12(10-21-13)18-15-11-25-23-19(24)14-5-3-6-16(22-18)17(14)15/h3,5-8,10,22H,1-2,4,9,11,20H2,(H,23,24). The summed E-state index contributed by atoms with van der Waals surface area (Å²) in [6.45, 7) is 1.03. The first kappa shape index (κ1) is 15.8. The molecule has 0 fully saturated rings. The van der Waals surface area contributed by atoms with E-state index < -0.39 is 0 Å². The maximum atomic E-state index is 12.1. The zero-order valence-corrected chi connectivity index (χ0v) is 13.8. The molecule has 1 aromatic carbocycles. The fourth-order valence-corrected chi connectivity index (χ4v) is 3.30. The first-order valence-electron chi connectivity index (χ1n) is 8.49. The second-order valence-corrected chi connectivity index (χ2v) is 6.21. The van der Waals surface area contributed by atoms with E-state index in [-0.39, 0.29) is 5.91 Å². The van der Waals surface area contributed by atoms with Crippen LogP contribution in [0.3, 0.4) is 0 Å². The lowest BCUT2D eigenvalue weighted by Crippen LogP contribution is -2.21. The first-order valence-corrected chi connectivity index (χ1v) is 8.49. The number of aromatic amines is 1. The van der Waals surface area contributed by atoms with Crippen LogP contribution in [0.1, 0.15) is 34.5 Å². The van der Waals surface area contributed by atoms with Crippen LogP contribution in [0.15, 0.2) is 36.5 Å². The van der Waals surface area contributed by atoms with E-state index in [0.717, 1.165) is 52.7 Å². The molecule has 1 amide bonds. The molecule has 0 radical (unpaired) electrons. The van der Waals surface area contributed by atoms with Crippen molar-refractivity contribution >= 4 is 16.8 Å². The van der Waals surface area contributed by atoms with Crippen LogP contribution in [0.2, 0.25) is 0 Å². The van der Waals surface area contributed by atoms with Crippen molar-refractivity contribution in [3.63, 3.8) is 0 Å². The Morgan fingerprint density at radius 1 is 1.20 bits per heavy atom. The fraction of sp³-hybridized carbons (Fsp3) is 0.263. The quantitative estimate of drug-likeness (QED) is 0.625. The zero-order chi connectivity index (χ0) is 17.2. The number of rotatable bonds is 5. The zero-order valence-electron chi connectivity index (χ0n) is 13.8. The number of carbonyl (C=O) groups is 1. The van der Waals surface area contributed by atoms with Gasteiger partial charge < -0.3 is 10.7 Å². The molecule has 6 heteroatoms. The van der Waals surface area contributed by atoms with E-state index in [4.69, 9.17) is 10.6 Å². The Kier molecular flexibility index (Phi) is 4.21. The van der Waals surface area contributed by atoms with Crippen LogP contribution in [0.25, 0.3) is 22.2 Å². The summed E-state index contributed by atoms with van der Waals surface area (Å²) in [6.07, 6.45) is 4.86. The van der Waals surface area contributed by atoms with Gasteiger partial charge in [-0.1, -0.05) is 6.07 Å². The Labute approximate surface area is 145 Å². The van der Waals surface area contributed by atoms with Gasteiger partial charge in [0.2, 0.25) is 0 Å². The van der Waals surface area contributed by atoms with Crippen molar-refractivity contribution in [2.24, 2.45) is 5.73 Å². The summed E-state index contributed by atoms with van der Waals surface area (Å²) in [5.41, 5.74) is 13.5. The summed E-state index contributed by atoms with van der Waals surface area (Å²) in [6, 6.07) is 9.76. The van der Waals surface area contributed by atoms with Gasteiger partial charge in [-0.05, 0) is 50.1 Å². The highest BCUT2D eigenvalue weighted by atomic mass is 16.6. The maximum Gasteiger partial charge on any atom is 0.275 e. The first-order chi connectivity index (χ1) is 12.3. The molecule has 0 aliphatic carbocycles. The van der Waals surface area contributed by atoms with Gasteiger partial charge in [-0.25, -0.2) is 5.48 Å². The number of pyridine rings is 1. The van der Waals surface area contributed by atoms with Crippen molar-refractivity contribution in [1.29, 1.82) is 0 Å². The molecular weight excluding hydrogens is 316 g/mol. The molecule has 3 heterocycles. The fourth-order valence-electron chi connectivity index (χ4n) is 3.30. The molecule has 4 rings (SSSR count). The molecular formula is C19H20N4O2. The lowest BCUT2D eigenvalue weighted by Gasteiger charge is -2.05. The second kappa shape index (κ2) is 6.66. The Balaban J connectivity index is 1.73. The van der Waals surface area contributed by atoms with E-state index in [1.54, 1.807) is 0 Å². The Morgan fingerprint density at radius 2 is 2.12 bits per heavy atom. The molecule has 3 aromatic rings. The number of carbonyl (C=O) groups excluding carboxylic acids is 1. The number of nitrogens with one attached hydrogen (secondary N) is 2. The van der Waals surface area contributed by atoms with Crippen molar-refractivity contribution < 1.29 is 9.63 Å². The molecule has 0 saturated heterocycles. The van der Waals surface area contributed by atoms with Gasteiger partial charge in [0.25, 0.3) is 5.91 Å². The third-order valence-corrected chi connectivity index (χ3v) is 4.55. The van der Waals surface area contributed by atoms with Crippen molar-refractivity contribution in [3.8, 4) is 11.3 Å². The average molecular weight is 336 g/mol. The van der Waals surface area contributed by atoms with E-state index in [9.17, 15) is 4.79 Å². The summed E-state index contributed by atoms with van der Waals surface area (Å²) in [5, 5.41) is 0.916. The van der Waals surface area contributed by atoms with Crippen molar-refractivity contribution in [2.75, 3.05) is 6.54 Å². The number of aryl methyl sites for hydroxylation is 1. The van der Waals surface area contributed by atoms with Gasteiger partial charge in [0.15, 0.2) is 0 Å². The molecule has 0 unspecified atom stereocenters. The largest absolute Gasteiger partial charge is 0.354 e. The number of amides is 1. The van der Waals surface area contributed by atoms with Crippen molar-refractivity contribution in [1.82, 2.24) is 15.4 Å². The van der Waals surface area contributed by atoms with Gasteiger partial charge in [-0.3, -0.25) is 14.6 Å². The molecule has 0 atom stereocenters. The third kappa shape index (κ3) is 2.90. The van der Waals surface area contributed by atoms with Gasteiger partial charge in [0, 0.05) is 33.9 Å². The van der Waals surface area contributed by atoms with E-state index in [0.29, 0.717) is 18.7 Å². The molecule has 0 spiro atoms. The van der Waals surface area contributed by atoms with Gasteiger partial charge in [0.05, 0.1) is 11.3 Å². The number of H-pyrrole nitrogens is 1. The molecule has 6 nitrogen and oxygen atoms in total. The molecule has 4 N–H and O–H groups in total. The minimum atomic E-state index is -0.219. The molecule has 1 aliphatic heterocycles. The lowest BCUT2D eigenvalue weighted by atomic mass is 10.0. The molecule has 0 saturated carbocycles. The van der Waals surface area contributed by atoms with Gasteiger partial charge in [-0.2, -0.15) is 0 Å². The Bertz CT molecular complexity index is 915. The van der Waals surface area contributed by atoms with Crippen LogP contribution >= 0.6 is 0 Å². The van der Waals surface area contributed by atoms with Crippen LogP contribution in [0.4, 0.5) is 0 Å². The van der Waals surface area contributed by atoms with E-state index in [1.807, 2.05) is 30.5 Å². The van der Waals surface area contributed by atoms with Crippen molar-refractivity contribution in [2.45, 2.75) is 25.9 Å². The molecule has 0 bridgehead atoms. The molecule has 2 aromatic heterocycles. The smallest absolute Gasteiger partial charge is 0.275 e. The number of benzene rings is 1. The van der Waals surface area contributed by atoms with Crippen LogP contribution in [0, 0.1) is 0 Å². The highest BCUT2D eigenvalue weighted by Crippen LogP contribution is 2.34. The lowest BCUT2D eigenvalue weighted by molar-refractivity contribution is 0.0256. The number of aromatic nitrogens is 2. The monoisotopic (exact) mass is 336 g/mol. The number of hydrogen-bond acceptors (Lipinski definition) is 4. The van der Waals surface area contributed by atoms with Gasteiger partial charge in [-0.15, -0.1) is 0 Å². The summed E-state index contributed by atoms with van der Waals surface area (Å²) >= 11 is 0. The van der Waals surface area contributed by atoms with E-state index in [1.165, 1.54) is 0 Å². The highest BCUT2D eigenvalue weighted by Gasteiger charge is 2.22. The number of hydroxylamine groups is 1. The maximum absolute atomic E-state index is 12.1. The number of unbranched alkanes of at least 4 members (excludes halogenated alkanes) is 1. The predicted octanol–water partition coefficient (Wildman–Crippen LogP) is 2.69. The average Bonchev–Trinajstić information content (AvgIpc) is 2.92. The van der Waals surface area contributed by atoms with Crippen LogP contribution in [0.5, 0.6) is 0 Å². The van der Waals surface area contributed by atoms with E-state index >= 15 is 0 Å². The van der Waals surface area contributed by atoms with Crippen molar-refractivity contribution in [3.05, 3.63) is 53.3 Å². The molecule has 128 valence electrons. The number of nitrogens with zero attached hydrogens (tertiary/aromatic N) is 1. The van der Waals surface area contributed by atoms with Gasteiger partial charge in [0.1, 0.15) is 6.61 Å². The summed E-state index contributed by atoms with van der Waals surface area (Å²) < 4.78 is 0. The third-order valence-electron chi connectivity index (χ3n) is 4.55. The summed E-state index contributed by atoms with van der Waals surface area (Å²) in [7, 11) is 0.